The maximum Gasteiger partial charge on any atom is 0.326 e. The van der Waals surface area contributed by atoms with Gasteiger partial charge in [0.25, 0.3) is 0 Å². The van der Waals surface area contributed by atoms with Gasteiger partial charge in [0, 0.05) is 24.1 Å². The van der Waals surface area contributed by atoms with Gasteiger partial charge in [0.1, 0.15) is 18.1 Å². The summed E-state index contributed by atoms with van der Waals surface area (Å²) in [6, 6.07) is -4.01. The van der Waals surface area contributed by atoms with Crippen molar-refractivity contribution < 1.29 is 24.3 Å². The number of nitrogens with one attached hydrogen (secondary N) is 4. The van der Waals surface area contributed by atoms with Crippen LogP contribution in [0.2, 0.25) is 0 Å². The minimum atomic E-state index is -1.23. The van der Waals surface area contributed by atoms with Crippen LogP contribution in [0.1, 0.15) is 32.9 Å². The number of nitrogens with zero attached hydrogens (tertiary/aromatic N) is 1. The van der Waals surface area contributed by atoms with Crippen LogP contribution >= 0.6 is 12.6 Å². The van der Waals surface area contributed by atoms with Crippen LogP contribution < -0.4 is 21.7 Å². The number of imidazole rings is 1. The molecule has 0 bridgehead atoms. The lowest BCUT2D eigenvalue weighted by Gasteiger charge is -2.23. The number of carboxylic acid groups (broad SMARTS) is 1. The third kappa shape index (κ3) is 7.67. The number of carbonyl (C=O) groups excluding carboxylic acids is 3. The predicted molar refractivity (Wildman–Crippen MR) is 113 cm³/mol. The average molecular weight is 443 g/mol. The van der Waals surface area contributed by atoms with Gasteiger partial charge in [-0.15, -0.1) is 0 Å². The standard InChI is InChI=1S/C18H30N6O5S/c1-4-9(2)14(19)17(27)22-10(3)15(25)24-13(7-30)16(26)23-12(18(28)29)5-11-6-20-8-21-11/h6,8-10,12-14,30H,4-5,7,19H2,1-3H3,(H,20,21)(H,22,27)(H,23,26)(H,24,25)(H,28,29). The number of rotatable bonds is 12. The summed E-state index contributed by atoms with van der Waals surface area (Å²) in [5.74, 6) is -3.15. The number of thiol groups is 1. The molecule has 1 aromatic rings. The quantitative estimate of drug-likeness (QED) is 0.199. The van der Waals surface area contributed by atoms with Crippen molar-refractivity contribution in [2.45, 2.75) is 57.8 Å². The Labute approximate surface area is 180 Å². The van der Waals surface area contributed by atoms with Crippen LogP contribution in [0.3, 0.4) is 0 Å². The van der Waals surface area contributed by atoms with Gasteiger partial charge < -0.3 is 31.8 Å². The molecule has 5 atom stereocenters. The van der Waals surface area contributed by atoms with Crippen LogP contribution in [0.4, 0.5) is 0 Å². The Morgan fingerprint density at radius 1 is 1.13 bits per heavy atom. The van der Waals surface area contributed by atoms with Crippen LogP contribution in [-0.2, 0) is 25.6 Å². The van der Waals surface area contributed by atoms with E-state index in [0.717, 1.165) is 0 Å². The van der Waals surface area contributed by atoms with Gasteiger partial charge in [-0.05, 0) is 12.8 Å². The fraction of sp³-hybridized carbons (Fsp3) is 0.611. The molecule has 0 aliphatic carbocycles. The molecule has 0 aliphatic heterocycles. The fourth-order valence-electron chi connectivity index (χ4n) is 2.47. The summed E-state index contributed by atoms with van der Waals surface area (Å²) < 4.78 is 0. The highest BCUT2D eigenvalue weighted by atomic mass is 32.1. The van der Waals surface area contributed by atoms with E-state index in [9.17, 15) is 24.3 Å². The molecule has 5 unspecified atom stereocenters. The number of hydrogen-bond acceptors (Lipinski definition) is 7. The van der Waals surface area contributed by atoms with E-state index < -0.39 is 47.9 Å². The molecular formula is C18H30N6O5S. The summed E-state index contributed by atoms with van der Waals surface area (Å²) in [5.41, 5.74) is 6.38. The Morgan fingerprint density at radius 3 is 2.27 bits per heavy atom. The van der Waals surface area contributed by atoms with Crippen molar-refractivity contribution in [2.24, 2.45) is 11.7 Å². The van der Waals surface area contributed by atoms with Gasteiger partial charge in [-0.2, -0.15) is 12.6 Å². The van der Waals surface area contributed by atoms with Gasteiger partial charge >= 0.3 is 5.97 Å². The normalized spacial score (nSPS) is 15.9. The van der Waals surface area contributed by atoms with Crippen molar-refractivity contribution in [2.75, 3.05) is 5.75 Å². The number of carboxylic acids is 1. The third-order valence-corrected chi connectivity index (χ3v) is 5.09. The molecular weight excluding hydrogens is 412 g/mol. The van der Waals surface area contributed by atoms with Crippen LogP contribution in [0.25, 0.3) is 0 Å². The molecule has 11 nitrogen and oxygen atoms in total. The van der Waals surface area contributed by atoms with Crippen LogP contribution in [0.5, 0.6) is 0 Å². The van der Waals surface area contributed by atoms with E-state index in [0.29, 0.717) is 12.1 Å². The van der Waals surface area contributed by atoms with E-state index in [4.69, 9.17) is 5.73 Å². The number of aromatic amines is 1. The second kappa shape index (κ2) is 12.2. The first-order valence-electron chi connectivity index (χ1n) is 9.58. The van der Waals surface area contributed by atoms with E-state index >= 15 is 0 Å². The largest absolute Gasteiger partial charge is 0.480 e. The lowest BCUT2D eigenvalue weighted by Crippen LogP contribution is -2.57. The Kier molecular flexibility index (Phi) is 10.3. The fourth-order valence-corrected chi connectivity index (χ4v) is 2.72. The predicted octanol–water partition coefficient (Wildman–Crippen LogP) is -1.19. The first kappa shape index (κ1) is 25.4. The third-order valence-electron chi connectivity index (χ3n) is 4.72. The summed E-state index contributed by atoms with van der Waals surface area (Å²) in [4.78, 5) is 55.0. The SMILES string of the molecule is CCC(C)C(N)C(=O)NC(C)C(=O)NC(CS)C(=O)NC(Cc1cnc[nH]1)C(=O)O. The minimum Gasteiger partial charge on any atom is -0.480 e. The number of carbonyl (C=O) groups is 4. The van der Waals surface area contributed by atoms with Crippen molar-refractivity contribution in [1.82, 2.24) is 25.9 Å². The Bertz CT molecular complexity index is 729. The summed E-state index contributed by atoms with van der Waals surface area (Å²) in [6.07, 6.45) is 3.55. The molecule has 0 radical (unpaired) electrons. The van der Waals surface area contributed by atoms with Crippen LogP contribution in [0, 0.1) is 5.92 Å². The van der Waals surface area contributed by atoms with E-state index in [-0.39, 0.29) is 18.1 Å². The topological polar surface area (TPSA) is 179 Å². The number of aliphatic carboxylic acids is 1. The van der Waals surface area contributed by atoms with Crippen molar-refractivity contribution in [1.29, 1.82) is 0 Å². The number of hydrogen-bond donors (Lipinski definition) is 7. The molecule has 1 heterocycles. The number of amides is 3. The van der Waals surface area contributed by atoms with Crippen molar-refractivity contribution in [3.05, 3.63) is 18.2 Å². The summed E-state index contributed by atoms with van der Waals surface area (Å²) in [5, 5.41) is 16.7. The Balaban J connectivity index is 2.67. The molecule has 0 spiro atoms. The first-order chi connectivity index (χ1) is 14.1. The van der Waals surface area contributed by atoms with E-state index in [1.807, 2.05) is 13.8 Å². The summed E-state index contributed by atoms with van der Waals surface area (Å²) >= 11 is 4.06. The zero-order chi connectivity index (χ0) is 22.8. The van der Waals surface area contributed by atoms with Crippen LogP contribution in [-0.4, -0.2) is 68.7 Å². The Hall–Kier alpha value is -2.60. The minimum absolute atomic E-state index is 0.00568. The van der Waals surface area contributed by atoms with Gasteiger partial charge in [0.05, 0.1) is 12.4 Å². The highest BCUT2D eigenvalue weighted by Gasteiger charge is 2.29. The summed E-state index contributed by atoms with van der Waals surface area (Å²) in [6.45, 7) is 5.20. The van der Waals surface area contributed by atoms with Gasteiger partial charge in [-0.3, -0.25) is 14.4 Å². The number of nitrogens with two attached hydrogens (primary N) is 1. The second-order valence-electron chi connectivity index (χ2n) is 7.07. The summed E-state index contributed by atoms with van der Waals surface area (Å²) in [7, 11) is 0. The molecule has 0 fully saturated rings. The molecule has 0 saturated carbocycles. The number of aromatic nitrogens is 2. The van der Waals surface area contributed by atoms with E-state index in [1.54, 1.807) is 0 Å². The molecule has 30 heavy (non-hydrogen) atoms. The molecule has 0 aromatic carbocycles. The molecule has 1 aromatic heterocycles. The second-order valence-corrected chi connectivity index (χ2v) is 7.43. The first-order valence-corrected chi connectivity index (χ1v) is 10.2. The highest BCUT2D eigenvalue weighted by molar-refractivity contribution is 7.80. The molecule has 7 N–H and O–H groups in total. The van der Waals surface area contributed by atoms with Gasteiger partial charge in [-0.25, -0.2) is 9.78 Å². The van der Waals surface area contributed by atoms with Crippen molar-refractivity contribution >= 4 is 36.3 Å². The number of H-pyrrole nitrogens is 1. The van der Waals surface area contributed by atoms with Crippen LogP contribution in [0.15, 0.2) is 12.5 Å². The van der Waals surface area contributed by atoms with Crippen molar-refractivity contribution in [3.63, 3.8) is 0 Å². The van der Waals surface area contributed by atoms with E-state index in [1.165, 1.54) is 19.4 Å². The monoisotopic (exact) mass is 442 g/mol. The maximum absolute atomic E-state index is 12.5. The van der Waals surface area contributed by atoms with Crippen molar-refractivity contribution in [3.8, 4) is 0 Å². The average Bonchev–Trinajstić information content (AvgIpc) is 3.22. The lowest BCUT2D eigenvalue weighted by molar-refractivity contribution is -0.142. The molecule has 3 amide bonds. The zero-order valence-corrected chi connectivity index (χ0v) is 18.1. The molecule has 1 rings (SSSR count). The Morgan fingerprint density at radius 2 is 1.77 bits per heavy atom. The van der Waals surface area contributed by atoms with E-state index in [2.05, 4.69) is 38.5 Å². The highest BCUT2D eigenvalue weighted by Crippen LogP contribution is 2.05. The van der Waals surface area contributed by atoms with Gasteiger partial charge in [0.15, 0.2) is 0 Å². The molecule has 0 aliphatic rings. The molecule has 168 valence electrons. The van der Waals surface area contributed by atoms with Gasteiger partial charge in [0.2, 0.25) is 17.7 Å². The lowest BCUT2D eigenvalue weighted by atomic mass is 9.99. The van der Waals surface area contributed by atoms with Gasteiger partial charge in [-0.1, -0.05) is 20.3 Å². The molecule has 0 saturated heterocycles. The molecule has 12 heteroatoms. The zero-order valence-electron chi connectivity index (χ0n) is 17.2. The maximum atomic E-state index is 12.5. The smallest absolute Gasteiger partial charge is 0.326 e.